The Morgan fingerprint density at radius 1 is 0.946 bits per heavy atom. The molecule has 0 amide bonds. The highest BCUT2D eigenvalue weighted by Crippen LogP contribution is 2.36. The minimum Gasteiger partial charge on any atom is -0.463 e. The smallest absolute Gasteiger partial charge is 0.352 e. The second-order valence-electron chi connectivity index (χ2n) is 8.19. The zero-order valence-electron chi connectivity index (χ0n) is 20.3. The van der Waals surface area contributed by atoms with Crippen LogP contribution in [-0.4, -0.2) is 67.1 Å². The molecule has 0 bridgehead atoms. The van der Waals surface area contributed by atoms with Crippen molar-refractivity contribution in [3.63, 3.8) is 0 Å². The number of hydrogen-bond acceptors (Lipinski definition) is 12. The van der Waals surface area contributed by atoms with Crippen molar-refractivity contribution >= 4 is 17.9 Å². The standard InChI is InChI=1S/C23H23N5O9/c1-11(29)34-10-15-17(35-12(2)30)18(36-13(3)31)22(37-15)28-20-16(21(32)27(4)23(33)25-20)24-19(26-28)14-8-6-5-7-9-14/h5-9,15,17-18,22H,10H2,1-4H3/t15-,17-,18-,22-/m1/s1. The van der Waals surface area contributed by atoms with E-state index in [0.717, 1.165) is 23.1 Å². The van der Waals surface area contributed by atoms with Crippen molar-refractivity contribution in [2.75, 3.05) is 6.61 Å². The van der Waals surface area contributed by atoms with E-state index in [1.807, 2.05) is 0 Å². The molecule has 0 aromatic heterocycles. The zero-order chi connectivity index (χ0) is 26.9. The van der Waals surface area contributed by atoms with Gasteiger partial charge in [0.05, 0.1) is 0 Å². The van der Waals surface area contributed by atoms with Crippen LogP contribution >= 0.6 is 0 Å². The molecule has 0 spiro atoms. The highest BCUT2D eigenvalue weighted by Gasteiger charge is 2.52. The monoisotopic (exact) mass is 513 g/mol. The van der Waals surface area contributed by atoms with Crippen LogP contribution in [0.3, 0.4) is 0 Å². The van der Waals surface area contributed by atoms with Crippen molar-refractivity contribution in [3.05, 3.63) is 51.2 Å². The topological polar surface area (TPSA) is 171 Å². The molecule has 3 aliphatic rings. The van der Waals surface area contributed by atoms with Gasteiger partial charge in [0, 0.05) is 33.4 Å². The van der Waals surface area contributed by atoms with Gasteiger partial charge in [-0.05, 0) is 0 Å². The van der Waals surface area contributed by atoms with Crippen molar-refractivity contribution in [2.24, 2.45) is 7.05 Å². The molecule has 37 heavy (non-hydrogen) atoms. The van der Waals surface area contributed by atoms with E-state index in [2.05, 4.69) is 15.1 Å². The molecule has 1 aromatic carbocycles. The Hall–Kier alpha value is -4.46. The summed E-state index contributed by atoms with van der Waals surface area (Å²) in [5, 5.41) is 4.46. The molecule has 14 heteroatoms. The number of esters is 3. The third kappa shape index (κ3) is 5.23. The van der Waals surface area contributed by atoms with Crippen LogP contribution in [0.25, 0.3) is 22.9 Å². The van der Waals surface area contributed by atoms with Crippen molar-refractivity contribution in [1.82, 2.24) is 24.3 Å². The van der Waals surface area contributed by atoms with Gasteiger partial charge in [-0.2, -0.15) is 4.98 Å². The molecule has 0 saturated carbocycles. The van der Waals surface area contributed by atoms with Gasteiger partial charge in [-0.1, -0.05) is 30.3 Å². The Labute approximate surface area is 209 Å². The van der Waals surface area contributed by atoms with E-state index in [-0.39, 0.29) is 23.9 Å². The van der Waals surface area contributed by atoms with E-state index in [0.29, 0.717) is 5.56 Å². The molecule has 194 valence electrons. The van der Waals surface area contributed by atoms with E-state index < -0.39 is 53.7 Å². The molecular formula is C23H23N5O9. The van der Waals surface area contributed by atoms with Gasteiger partial charge < -0.3 is 18.9 Å². The van der Waals surface area contributed by atoms with Crippen LogP contribution in [0.1, 0.15) is 27.0 Å². The number of nitrogens with zero attached hydrogens (tertiary/aromatic N) is 5. The lowest BCUT2D eigenvalue weighted by Gasteiger charge is -2.25. The zero-order valence-corrected chi connectivity index (χ0v) is 20.3. The third-order valence-corrected chi connectivity index (χ3v) is 5.46. The van der Waals surface area contributed by atoms with Crippen LogP contribution in [0, 0.1) is 0 Å². The quantitative estimate of drug-likeness (QED) is 0.315. The van der Waals surface area contributed by atoms with Crippen LogP contribution in [0.4, 0.5) is 0 Å². The van der Waals surface area contributed by atoms with Gasteiger partial charge >= 0.3 is 23.6 Å². The first kappa shape index (κ1) is 25.6. The SMILES string of the molecule is CC(=O)OC[C@H]1O[C@@H](n2nc(-c3ccccc3)nc3c(=O)n(C)c(=O)nc2-3)[C@H](OC(C)=O)[C@@H]1OC(C)=O. The van der Waals surface area contributed by atoms with Crippen molar-refractivity contribution in [1.29, 1.82) is 0 Å². The van der Waals surface area contributed by atoms with E-state index in [4.69, 9.17) is 18.9 Å². The fraction of sp³-hybridized carbons (Fsp3) is 0.391. The predicted molar refractivity (Wildman–Crippen MR) is 123 cm³/mol. The fourth-order valence-electron chi connectivity index (χ4n) is 3.87. The van der Waals surface area contributed by atoms with Gasteiger partial charge in [-0.15, -0.1) is 5.10 Å². The summed E-state index contributed by atoms with van der Waals surface area (Å²) in [7, 11) is 1.26. The van der Waals surface area contributed by atoms with Gasteiger partial charge in [-0.25, -0.2) is 14.5 Å². The first-order chi connectivity index (χ1) is 17.6. The number of ether oxygens (including phenoxy) is 4. The lowest BCUT2D eigenvalue weighted by atomic mass is 10.1. The highest BCUT2D eigenvalue weighted by atomic mass is 16.7. The number of rotatable bonds is 6. The molecule has 14 nitrogen and oxygen atoms in total. The largest absolute Gasteiger partial charge is 0.463 e. The molecule has 1 aromatic rings. The molecule has 1 fully saturated rings. The lowest BCUT2D eigenvalue weighted by molar-refractivity contribution is -0.166. The molecule has 0 N–H and O–H groups in total. The summed E-state index contributed by atoms with van der Waals surface area (Å²) >= 11 is 0. The fourth-order valence-corrected chi connectivity index (χ4v) is 3.87. The van der Waals surface area contributed by atoms with Gasteiger partial charge in [0.1, 0.15) is 12.7 Å². The molecule has 0 radical (unpaired) electrons. The Morgan fingerprint density at radius 3 is 2.22 bits per heavy atom. The van der Waals surface area contributed by atoms with E-state index in [9.17, 15) is 24.0 Å². The number of hydrogen-bond donors (Lipinski definition) is 0. The maximum absolute atomic E-state index is 13.0. The van der Waals surface area contributed by atoms with Crippen LogP contribution in [0.2, 0.25) is 0 Å². The summed E-state index contributed by atoms with van der Waals surface area (Å²) in [5.41, 5.74) is -1.29. The second kappa shape index (κ2) is 10.3. The minimum atomic E-state index is -1.35. The average Bonchev–Trinajstić information content (AvgIpc) is 3.17. The summed E-state index contributed by atoms with van der Waals surface area (Å²) in [6.07, 6.45) is -4.96. The maximum atomic E-state index is 13.0. The summed E-state index contributed by atoms with van der Waals surface area (Å²) in [5.74, 6) is -2.23. The second-order valence-corrected chi connectivity index (χ2v) is 8.19. The highest BCUT2D eigenvalue weighted by molar-refractivity contribution is 5.68. The lowest BCUT2D eigenvalue weighted by Crippen LogP contribution is -2.42. The number of fused-ring (bicyclic) bond motifs is 1. The number of carbonyl (C=O) groups excluding carboxylic acids is 3. The molecular weight excluding hydrogens is 490 g/mol. The van der Waals surface area contributed by atoms with Gasteiger partial charge in [-0.3, -0.25) is 23.7 Å². The summed E-state index contributed by atoms with van der Waals surface area (Å²) in [6, 6.07) is 8.67. The van der Waals surface area contributed by atoms with Crippen molar-refractivity contribution < 1.29 is 33.3 Å². The maximum Gasteiger partial charge on any atom is 0.352 e. The summed E-state index contributed by atoms with van der Waals surface area (Å²) < 4.78 is 23.8. The molecule has 0 unspecified atom stereocenters. The Morgan fingerprint density at radius 2 is 1.59 bits per heavy atom. The number of benzene rings is 1. The van der Waals surface area contributed by atoms with Crippen molar-refractivity contribution in [2.45, 2.75) is 45.3 Å². The van der Waals surface area contributed by atoms with E-state index in [1.165, 1.54) is 14.0 Å². The molecule has 3 aliphatic heterocycles. The summed E-state index contributed by atoms with van der Waals surface area (Å²) in [4.78, 5) is 69.0. The Bertz CT molecular complexity index is 1430. The van der Waals surface area contributed by atoms with Gasteiger partial charge in [0.2, 0.25) is 0 Å². The molecule has 4 atom stereocenters. The van der Waals surface area contributed by atoms with Crippen LogP contribution in [-0.2, 0) is 40.4 Å². The molecule has 0 aliphatic carbocycles. The molecule has 1 saturated heterocycles. The minimum absolute atomic E-state index is 0.0864. The van der Waals surface area contributed by atoms with Gasteiger partial charge in [0.25, 0.3) is 5.56 Å². The predicted octanol–water partition coefficient (Wildman–Crippen LogP) is -0.172. The first-order valence-electron chi connectivity index (χ1n) is 11.1. The van der Waals surface area contributed by atoms with E-state index in [1.54, 1.807) is 30.3 Å². The van der Waals surface area contributed by atoms with Crippen LogP contribution < -0.4 is 11.2 Å². The Balaban J connectivity index is 1.94. The number of aromatic nitrogens is 5. The average molecular weight is 513 g/mol. The molecule has 3 heterocycles. The first-order valence-corrected chi connectivity index (χ1v) is 11.1. The number of carbonyl (C=O) groups is 3. The van der Waals surface area contributed by atoms with Gasteiger partial charge in [0.15, 0.2) is 35.8 Å². The molecule has 4 rings (SSSR count). The van der Waals surface area contributed by atoms with Crippen molar-refractivity contribution in [3.8, 4) is 22.9 Å². The normalized spacial score (nSPS) is 21.0. The van der Waals surface area contributed by atoms with Crippen LogP contribution in [0.15, 0.2) is 39.9 Å². The summed E-state index contributed by atoms with van der Waals surface area (Å²) in [6.45, 7) is 3.13. The van der Waals surface area contributed by atoms with E-state index >= 15 is 0 Å². The Kier molecular flexibility index (Phi) is 7.11. The van der Waals surface area contributed by atoms with Crippen LogP contribution in [0.5, 0.6) is 0 Å². The third-order valence-electron chi connectivity index (χ3n) is 5.46.